The highest BCUT2D eigenvalue weighted by atomic mass is 16.5. The molecule has 9 heteroatoms. The summed E-state index contributed by atoms with van der Waals surface area (Å²) < 4.78 is 11.1. The van der Waals surface area contributed by atoms with Gasteiger partial charge in [0.25, 0.3) is 5.91 Å². The van der Waals surface area contributed by atoms with Crippen LogP contribution in [0.5, 0.6) is 0 Å². The van der Waals surface area contributed by atoms with Crippen molar-refractivity contribution in [2.45, 2.75) is 63.3 Å². The molecule has 2 fully saturated rings. The summed E-state index contributed by atoms with van der Waals surface area (Å²) in [5.74, 6) is -1.63. The van der Waals surface area contributed by atoms with Gasteiger partial charge in [0.15, 0.2) is 6.04 Å². The number of rotatable bonds is 8. The van der Waals surface area contributed by atoms with Gasteiger partial charge in [-0.1, -0.05) is 18.9 Å². The summed E-state index contributed by atoms with van der Waals surface area (Å²) in [4.78, 5) is 45.0. The Bertz CT molecular complexity index is 922. The zero-order valence-corrected chi connectivity index (χ0v) is 18.6. The number of furan rings is 1. The molecule has 3 heterocycles. The van der Waals surface area contributed by atoms with Crippen molar-refractivity contribution in [3.8, 4) is 0 Å². The second-order valence-electron chi connectivity index (χ2n) is 8.55. The van der Waals surface area contributed by atoms with Crippen molar-refractivity contribution in [1.82, 2.24) is 20.5 Å². The maximum Gasteiger partial charge on any atom is 0.313 e. The molecule has 0 bridgehead atoms. The van der Waals surface area contributed by atoms with Crippen molar-refractivity contribution in [1.29, 1.82) is 0 Å². The van der Waals surface area contributed by atoms with E-state index in [1.165, 1.54) is 11.2 Å². The Morgan fingerprint density at radius 3 is 2.64 bits per heavy atom. The molecule has 0 radical (unpaired) electrons. The van der Waals surface area contributed by atoms with Crippen molar-refractivity contribution in [3.63, 3.8) is 0 Å². The first-order chi connectivity index (χ1) is 16.1. The van der Waals surface area contributed by atoms with Crippen molar-refractivity contribution >= 4 is 17.7 Å². The Morgan fingerprint density at radius 1 is 1.12 bits per heavy atom. The molecule has 0 aromatic carbocycles. The van der Waals surface area contributed by atoms with E-state index >= 15 is 0 Å². The average Bonchev–Trinajstić information content (AvgIpc) is 3.61. The number of carbonyl (C=O) groups is 3. The van der Waals surface area contributed by atoms with Crippen LogP contribution in [0.1, 0.15) is 55.9 Å². The number of nitrogens with one attached hydrogen (secondary N) is 2. The fourth-order valence-corrected chi connectivity index (χ4v) is 4.40. The van der Waals surface area contributed by atoms with Crippen molar-refractivity contribution in [3.05, 3.63) is 54.2 Å². The fraction of sp³-hybridized carbons (Fsp3) is 0.500. The Morgan fingerprint density at radius 2 is 1.97 bits per heavy atom. The summed E-state index contributed by atoms with van der Waals surface area (Å²) in [5.41, 5.74) is 0.697. The molecule has 1 aliphatic carbocycles. The van der Waals surface area contributed by atoms with Crippen LogP contribution in [0, 0.1) is 0 Å². The third-order valence-corrected chi connectivity index (χ3v) is 6.12. The number of carbonyl (C=O) groups excluding carboxylic acids is 3. The van der Waals surface area contributed by atoms with E-state index in [1.54, 1.807) is 36.7 Å². The SMILES string of the molecule is O=C(NC1CCCC1)C(=O)N(Cc1cccnc1)[C@@H](C(=O)NC[C@H]1CCCO1)c1ccco1. The topological polar surface area (TPSA) is 114 Å². The number of hydrogen-bond donors (Lipinski definition) is 2. The van der Waals surface area contributed by atoms with Crippen molar-refractivity contribution < 1.29 is 23.5 Å². The third-order valence-electron chi connectivity index (χ3n) is 6.12. The predicted molar refractivity (Wildman–Crippen MR) is 119 cm³/mol. The highest BCUT2D eigenvalue weighted by Gasteiger charge is 2.37. The van der Waals surface area contributed by atoms with E-state index in [2.05, 4.69) is 15.6 Å². The maximum atomic E-state index is 13.4. The van der Waals surface area contributed by atoms with Gasteiger partial charge in [0.2, 0.25) is 0 Å². The van der Waals surface area contributed by atoms with Gasteiger partial charge in [-0.05, 0) is 49.4 Å². The van der Waals surface area contributed by atoms with Crippen LogP contribution in [0.3, 0.4) is 0 Å². The van der Waals surface area contributed by atoms with Crippen molar-refractivity contribution in [2.24, 2.45) is 0 Å². The standard InChI is InChI=1S/C24H30N4O5/c29-22(26-15-19-9-4-12-32-19)21(20-10-5-13-33-20)28(16-17-6-3-11-25-14-17)24(31)23(30)27-18-7-1-2-8-18/h3,5-6,10-11,13-14,18-19,21H,1-2,4,7-9,12,15-16H2,(H,26,29)(H,27,30)/t19-,21-/m1/s1. The van der Waals surface area contributed by atoms with Gasteiger partial charge < -0.3 is 24.7 Å². The van der Waals surface area contributed by atoms with Crippen LogP contribution in [0.25, 0.3) is 0 Å². The quantitative estimate of drug-likeness (QED) is 0.591. The summed E-state index contributed by atoms with van der Waals surface area (Å²) >= 11 is 0. The average molecular weight is 455 g/mol. The molecule has 9 nitrogen and oxygen atoms in total. The lowest BCUT2D eigenvalue weighted by molar-refractivity contribution is -0.151. The van der Waals surface area contributed by atoms with Gasteiger partial charge in [-0.25, -0.2) is 0 Å². The van der Waals surface area contributed by atoms with Gasteiger partial charge in [-0.15, -0.1) is 0 Å². The van der Waals surface area contributed by atoms with Crippen LogP contribution >= 0.6 is 0 Å². The molecule has 1 aliphatic heterocycles. The van der Waals surface area contributed by atoms with Gasteiger partial charge in [0.1, 0.15) is 5.76 Å². The Kier molecular flexibility index (Phi) is 7.72. The van der Waals surface area contributed by atoms with Gasteiger partial charge in [-0.3, -0.25) is 19.4 Å². The summed E-state index contributed by atoms with van der Waals surface area (Å²) in [7, 11) is 0. The molecular weight excluding hydrogens is 424 g/mol. The highest BCUT2D eigenvalue weighted by Crippen LogP contribution is 2.25. The van der Waals surface area contributed by atoms with Crippen LogP contribution in [-0.4, -0.2) is 52.9 Å². The molecule has 2 aromatic heterocycles. The minimum atomic E-state index is -1.11. The molecule has 176 valence electrons. The van der Waals surface area contributed by atoms with Gasteiger partial charge in [-0.2, -0.15) is 0 Å². The van der Waals surface area contributed by atoms with Crippen LogP contribution in [-0.2, 0) is 25.7 Å². The van der Waals surface area contributed by atoms with Gasteiger partial charge in [0.05, 0.1) is 12.4 Å². The van der Waals surface area contributed by atoms with Crippen LogP contribution < -0.4 is 10.6 Å². The first-order valence-corrected chi connectivity index (χ1v) is 11.5. The smallest absolute Gasteiger partial charge is 0.313 e. The van der Waals surface area contributed by atoms with Crippen LogP contribution in [0.2, 0.25) is 0 Å². The van der Waals surface area contributed by atoms with E-state index in [4.69, 9.17) is 9.15 Å². The maximum absolute atomic E-state index is 13.4. The lowest BCUT2D eigenvalue weighted by atomic mass is 10.1. The predicted octanol–water partition coefficient (Wildman–Crippen LogP) is 2.10. The second-order valence-corrected chi connectivity index (χ2v) is 8.55. The number of nitrogens with zero attached hydrogens (tertiary/aromatic N) is 2. The zero-order valence-electron chi connectivity index (χ0n) is 18.6. The third kappa shape index (κ3) is 5.98. The summed E-state index contributed by atoms with van der Waals surface area (Å²) in [6, 6.07) is 5.71. The van der Waals surface area contributed by atoms with E-state index in [0.29, 0.717) is 18.7 Å². The van der Waals surface area contributed by atoms with Crippen LogP contribution in [0.15, 0.2) is 47.3 Å². The van der Waals surface area contributed by atoms with E-state index in [1.807, 2.05) is 0 Å². The van der Waals surface area contributed by atoms with E-state index < -0.39 is 23.8 Å². The summed E-state index contributed by atoms with van der Waals surface area (Å²) in [6.45, 7) is 1.04. The number of ether oxygens (including phenoxy) is 1. The number of amides is 3. The number of aromatic nitrogens is 1. The molecule has 2 aliphatic rings. The largest absolute Gasteiger partial charge is 0.467 e. The Labute approximate surface area is 192 Å². The minimum Gasteiger partial charge on any atom is -0.467 e. The van der Waals surface area contributed by atoms with E-state index in [-0.39, 0.29) is 24.5 Å². The molecule has 0 spiro atoms. The van der Waals surface area contributed by atoms with E-state index in [0.717, 1.165) is 38.5 Å². The second kappa shape index (κ2) is 11.1. The molecule has 33 heavy (non-hydrogen) atoms. The van der Waals surface area contributed by atoms with E-state index in [9.17, 15) is 14.4 Å². The minimum absolute atomic E-state index is 0.0166. The van der Waals surface area contributed by atoms with Gasteiger partial charge >= 0.3 is 11.8 Å². The monoisotopic (exact) mass is 454 g/mol. The molecule has 2 atom stereocenters. The zero-order chi connectivity index (χ0) is 23.0. The Hall–Kier alpha value is -3.20. The first kappa shape index (κ1) is 23.0. The Balaban J connectivity index is 1.57. The molecule has 4 rings (SSSR count). The van der Waals surface area contributed by atoms with Crippen molar-refractivity contribution in [2.75, 3.05) is 13.2 Å². The lowest BCUT2D eigenvalue weighted by Gasteiger charge is -2.30. The number of hydrogen-bond acceptors (Lipinski definition) is 6. The van der Waals surface area contributed by atoms with Gasteiger partial charge in [0, 0.05) is 38.1 Å². The molecular formula is C24H30N4O5. The molecule has 2 aromatic rings. The molecule has 3 amide bonds. The first-order valence-electron chi connectivity index (χ1n) is 11.5. The lowest BCUT2D eigenvalue weighted by Crippen LogP contribution is -2.50. The van der Waals surface area contributed by atoms with Crippen LogP contribution in [0.4, 0.5) is 0 Å². The molecule has 2 N–H and O–H groups in total. The summed E-state index contributed by atoms with van der Waals surface area (Å²) in [5, 5.41) is 5.71. The number of pyridine rings is 1. The molecule has 0 unspecified atom stereocenters. The highest BCUT2D eigenvalue weighted by molar-refractivity contribution is 6.35. The molecule has 1 saturated heterocycles. The molecule has 1 saturated carbocycles. The fourth-order valence-electron chi connectivity index (χ4n) is 4.40. The summed E-state index contributed by atoms with van der Waals surface area (Å²) in [6.07, 6.45) is 10.2. The normalized spacial score (nSPS) is 19.2.